The van der Waals surface area contributed by atoms with Crippen LogP contribution in [0.5, 0.6) is 11.5 Å². The molecule has 1 unspecified atom stereocenters. The van der Waals surface area contributed by atoms with Crippen LogP contribution in [0.3, 0.4) is 0 Å². The smallest absolute Gasteiger partial charge is 0.345 e. The first-order chi connectivity index (χ1) is 9.36. The number of benzene rings is 1. The van der Waals surface area contributed by atoms with Gasteiger partial charge in [-0.1, -0.05) is 0 Å². The summed E-state index contributed by atoms with van der Waals surface area (Å²) in [5.74, 6) is -1.59. The van der Waals surface area contributed by atoms with Crippen molar-refractivity contribution in [2.75, 3.05) is 7.11 Å². The molecular formula is C14H16O6. The number of rotatable bonds is 5. The van der Waals surface area contributed by atoms with Gasteiger partial charge in [0.1, 0.15) is 17.1 Å². The van der Waals surface area contributed by atoms with Crippen LogP contribution in [-0.2, 0) is 14.3 Å². The van der Waals surface area contributed by atoms with Gasteiger partial charge in [0.15, 0.2) is 17.6 Å². The third kappa shape index (κ3) is 3.74. The molecule has 0 aromatic heterocycles. The second-order valence-electron chi connectivity index (χ2n) is 4.06. The van der Waals surface area contributed by atoms with Gasteiger partial charge in [0.05, 0.1) is 7.11 Å². The van der Waals surface area contributed by atoms with E-state index >= 15 is 0 Å². The van der Waals surface area contributed by atoms with E-state index in [1.54, 1.807) is 0 Å². The molecule has 0 aliphatic carbocycles. The predicted molar refractivity (Wildman–Crippen MR) is 70.5 cm³/mol. The van der Waals surface area contributed by atoms with Crippen molar-refractivity contribution in [2.24, 2.45) is 0 Å². The zero-order chi connectivity index (χ0) is 15.3. The standard InChI is InChI=1S/C14H16O6/c1-8(15)12(14(18)19-3)13(17)9(2)20-11-6-4-10(16)5-7-11/h4-7,9,16-17H,1-3H3/b13-12+. The number of ketones is 1. The molecule has 0 heterocycles. The van der Waals surface area contributed by atoms with Crippen LogP contribution >= 0.6 is 0 Å². The molecule has 20 heavy (non-hydrogen) atoms. The number of aliphatic hydroxyl groups excluding tert-OH is 1. The van der Waals surface area contributed by atoms with Crippen LogP contribution in [0.4, 0.5) is 0 Å². The van der Waals surface area contributed by atoms with E-state index in [0.29, 0.717) is 5.75 Å². The SMILES string of the molecule is COC(=O)/C(C(C)=O)=C(/O)C(C)Oc1ccc(O)cc1. The number of carbonyl (C=O) groups excluding carboxylic acids is 2. The van der Waals surface area contributed by atoms with Crippen LogP contribution in [0, 0.1) is 0 Å². The summed E-state index contributed by atoms with van der Waals surface area (Å²) in [6.07, 6.45) is -0.919. The highest BCUT2D eigenvalue weighted by atomic mass is 16.5. The Morgan fingerprint density at radius 3 is 2.20 bits per heavy atom. The van der Waals surface area contributed by atoms with Gasteiger partial charge >= 0.3 is 5.97 Å². The summed E-state index contributed by atoms with van der Waals surface area (Å²) < 4.78 is 9.82. The Balaban J connectivity index is 2.98. The molecule has 0 spiro atoms. The fourth-order valence-electron chi connectivity index (χ4n) is 1.52. The van der Waals surface area contributed by atoms with Crippen LogP contribution in [-0.4, -0.2) is 35.2 Å². The van der Waals surface area contributed by atoms with Crippen molar-refractivity contribution in [3.63, 3.8) is 0 Å². The summed E-state index contributed by atoms with van der Waals surface area (Å²) in [4.78, 5) is 22.8. The monoisotopic (exact) mass is 280 g/mol. The molecule has 1 aromatic rings. The first-order valence-electron chi connectivity index (χ1n) is 5.85. The molecule has 0 fully saturated rings. The van der Waals surface area contributed by atoms with Gasteiger partial charge in [-0.3, -0.25) is 4.79 Å². The van der Waals surface area contributed by atoms with E-state index in [9.17, 15) is 14.7 Å². The predicted octanol–water partition coefficient (Wildman–Crippen LogP) is 1.73. The maximum atomic E-state index is 11.4. The number of phenols is 1. The zero-order valence-corrected chi connectivity index (χ0v) is 11.4. The van der Waals surface area contributed by atoms with E-state index in [1.807, 2.05) is 0 Å². The molecule has 1 aromatic carbocycles. The molecule has 6 nitrogen and oxygen atoms in total. The second kappa shape index (κ2) is 6.60. The average molecular weight is 280 g/mol. The Labute approximate surface area is 116 Å². The Morgan fingerprint density at radius 1 is 1.20 bits per heavy atom. The third-order valence-electron chi connectivity index (χ3n) is 2.53. The van der Waals surface area contributed by atoms with E-state index in [1.165, 1.54) is 31.2 Å². The average Bonchev–Trinajstić information content (AvgIpc) is 2.40. The molecule has 108 valence electrons. The molecule has 1 rings (SSSR count). The molecule has 0 aliphatic heterocycles. The lowest BCUT2D eigenvalue weighted by atomic mass is 10.1. The minimum Gasteiger partial charge on any atom is -0.508 e. The van der Waals surface area contributed by atoms with Gasteiger partial charge in [0.2, 0.25) is 0 Å². The summed E-state index contributed by atoms with van der Waals surface area (Å²) in [6, 6.07) is 5.80. The number of Topliss-reactive ketones (excluding diaryl/α,β-unsaturated/α-hetero) is 1. The van der Waals surface area contributed by atoms with E-state index in [0.717, 1.165) is 14.0 Å². The number of ether oxygens (including phenoxy) is 2. The van der Waals surface area contributed by atoms with Gasteiger partial charge in [-0.25, -0.2) is 4.79 Å². The Kier molecular flexibility index (Phi) is 5.14. The lowest BCUT2D eigenvalue weighted by Crippen LogP contribution is -2.23. The topological polar surface area (TPSA) is 93.1 Å². The number of methoxy groups -OCH3 is 1. The highest BCUT2D eigenvalue weighted by molar-refractivity contribution is 6.16. The van der Waals surface area contributed by atoms with Crippen molar-refractivity contribution >= 4 is 11.8 Å². The van der Waals surface area contributed by atoms with Crippen LogP contribution in [0.1, 0.15) is 13.8 Å². The fourth-order valence-corrected chi connectivity index (χ4v) is 1.52. The van der Waals surface area contributed by atoms with Gasteiger partial charge in [-0.2, -0.15) is 0 Å². The van der Waals surface area contributed by atoms with Crippen LogP contribution < -0.4 is 4.74 Å². The summed E-state index contributed by atoms with van der Waals surface area (Å²) in [5, 5.41) is 19.1. The molecule has 0 radical (unpaired) electrons. The summed E-state index contributed by atoms with van der Waals surface area (Å²) in [7, 11) is 1.12. The van der Waals surface area contributed by atoms with Crippen molar-refractivity contribution in [1.29, 1.82) is 0 Å². The molecule has 0 bridgehead atoms. The van der Waals surface area contributed by atoms with E-state index in [2.05, 4.69) is 4.74 Å². The molecule has 0 aliphatic rings. The second-order valence-corrected chi connectivity index (χ2v) is 4.06. The Bertz CT molecular complexity index is 529. The number of hydrogen-bond acceptors (Lipinski definition) is 6. The Hall–Kier alpha value is -2.50. The van der Waals surface area contributed by atoms with Gasteiger partial charge < -0.3 is 19.7 Å². The minimum absolute atomic E-state index is 0.0729. The molecule has 0 saturated carbocycles. The molecular weight excluding hydrogens is 264 g/mol. The highest BCUT2D eigenvalue weighted by Gasteiger charge is 2.25. The van der Waals surface area contributed by atoms with Gasteiger partial charge in [-0.15, -0.1) is 0 Å². The maximum absolute atomic E-state index is 11.4. The quantitative estimate of drug-likeness (QED) is 0.280. The molecule has 2 N–H and O–H groups in total. The molecule has 1 atom stereocenters. The number of esters is 1. The van der Waals surface area contributed by atoms with Gasteiger partial charge in [0, 0.05) is 0 Å². The van der Waals surface area contributed by atoms with Crippen molar-refractivity contribution in [1.82, 2.24) is 0 Å². The van der Waals surface area contributed by atoms with Crippen LogP contribution in [0.25, 0.3) is 0 Å². The zero-order valence-electron chi connectivity index (χ0n) is 11.4. The van der Waals surface area contributed by atoms with Gasteiger partial charge in [0.25, 0.3) is 0 Å². The maximum Gasteiger partial charge on any atom is 0.345 e. The largest absolute Gasteiger partial charge is 0.508 e. The number of hydrogen-bond donors (Lipinski definition) is 2. The summed E-state index contributed by atoms with van der Waals surface area (Å²) in [5.41, 5.74) is -0.446. The third-order valence-corrected chi connectivity index (χ3v) is 2.53. The van der Waals surface area contributed by atoms with Crippen molar-refractivity contribution in [3.8, 4) is 11.5 Å². The van der Waals surface area contributed by atoms with E-state index < -0.39 is 29.2 Å². The van der Waals surface area contributed by atoms with Crippen molar-refractivity contribution in [3.05, 3.63) is 35.6 Å². The highest BCUT2D eigenvalue weighted by Crippen LogP contribution is 2.20. The summed E-state index contributed by atoms with van der Waals surface area (Å²) in [6.45, 7) is 2.63. The van der Waals surface area contributed by atoms with Crippen LogP contribution in [0.2, 0.25) is 0 Å². The first-order valence-corrected chi connectivity index (χ1v) is 5.85. The van der Waals surface area contributed by atoms with Crippen molar-refractivity contribution < 1.29 is 29.3 Å². The number of carbonyl (C=O) groups is 2. The van der Waals surface area contributed by atoms with Gasteiger partial charge in [-0.05, 0) is 38.1 Å². The van der Waals surface area contributed by atoms with E-state index in [-0.39, 0.29) is 5.75 Å². The minimum atomic E-state index is -0.920. The number of phenolic OH excluding ortho intramolecular Hbond substituents is 1. The molecule has 6 heteroatoms. The van der Waals surface area contributed by atoms with Crippen LogP contribution in [0.15, 0.2) is 35.6 Å². The van der Waals surface area contributed by atoms with Crippen molar-refractivity contribution in [2.45, 2.75) is 20.0 Å². The fraction of sp³-hybridized carbons (Fsp3) is 0.286. The lowest BCUT2D eigenvalue weighted by molar-refractivity contribution is -0.138. The van der Waals surface area contributed by atoms with E-state index in [4.69, 9.17) is 9.84 Å². The lowest BCUT2D eigenvalue weighted by Gasteiger charge is -2.16. The Morgan fingerprint density at radius 2 is 1.75 bits per heavy atom. The summed E-state index contributed by atoms with van der Waals surface area (Å²) >= 11 is 0. The number of aliphatic hydroxyl groups is 1. The molecule has 0 amide bonds. The molecule has 0 saturated heterocycles. The number of aromatic hydroxyl groups is 1. The first kappa shape index (κ1) is 15.6. The normalized spacial score (nSPS) is 13.2.